The second kappa shape index (κ2) is 10.8. The summed E-state index contributed by atoms with van der Waals surface area (Å²) in [6, 6.07) is 13.7. The third kappa shape index (κ3) is 5.85. The summed E-state index contributed by atoms with van der Waals surface area (Å²) in [6.45, 7) is 3.40. The Kier molecular flexibility index (Phi) is 7.34. The number of furan rings is 1. The summed E-state index contributed by atoms with van der Waals surface area (Å²) in [7, 11) is 1.75. The monoisotopic (exact) mass is 437 g/mol. The number of benzene rings is 1. The molecule has 2 aromatic heterocycles. The molecule has 1 fully saturated rings. The number of nitrogens with one attached hydrogen (secondary N) is 2. The van der Waals surface area contributed by atoms with Crippen LogP contribution < -0.4 is 15.4 Å². The van der Waals surface area contributed by atoms with Gasteiger partial charge in [-0.1, -0.05) is 0 Å². The zero-order valence-corrected chi connectivity index (χ0v) is 18.1. The van der Waals surface area contributed by atoms with Crippen LogP contribution in [0.15, 0.2) is 70.4 Å². The van der Waals surface area contributed by atoms with Gasteiger partial charge in [0.2, 0.25) is 5.88 Å². The molecule has 0 radical (unpaired) electrons. The third-order valence-corrected chi connectivity index (χ3v) is 5.43. The predicted octanol–water partition coefficient (Wildman–Crippen LogP) is 4.11. The van der Waals surface area contributed by atoms with Gasteiger partial charge in [0.05, 0.1) is 12.3 Å². The molecule has 1 saturated heterocycles. The standard InChI is InChI=1S/C24H28FN5O2/c1-26-24(29-17-21(22-5-4-14-31-22)30-12-2-3-13-30)28-16-18-10-11-27-23(15-18)32-20-8-6-19(25)7-9-20/h4-11,14-15,21H,2-3,12-13,16-17H2,1H3,(H2,26,28,29). The lowest BCUT2D eigenvalue weighted by Crippen LogP contribution is -2.42. The van der Waals surface area contributed by atoms with Crippen molar-refractivity contribution in [3.63, 3.8) is 0 Å². The van der Waals surface area contributed by atoms with Crippen molar-refractivity contribution in [2.24, 2.45) is 4.99 Å². The van der Waals surface area contributed by atoms with Crippen molar-refractivity contribution in [1.82, 2.24) is 20.5 Å². The number of hydrogen-bond acceptors (Lipinski definition) is 5. The molecule has 1 aliphatic heterocycles. The predicted molar refractivity (Wildman–Crippen MR) is 121 cm³/mol. The molecule has 3 aromatic rings. The second-order valence-corrected chi connectivity index (χ2v) is 7.64. The first-order chi connectivity index (χ1) is 15.7. The fraction of sp³-hybridized carbons (Fsp3) is 0.333. The first kappa shape index (κ1) is 21.8. The van der Waals surface area contributed by atoms with Crippen molar-refractivity contribution in [3.05, 3.63) is 78.1 Å². The summed E-state index contributed by atoms with van der Waals surface area (Å²) >= 11 is 0. The van der Waals surface area contributed by atoms with E-state index >= 15 is 0 Å². The molecular weight excluding hydrogens is 409 g/mol. The minimum absolute atomic E-state index is 0.169. The van der Waals surface area contributed by atoms with Gasteiger partial charge in [0.15, 0.2) is 5.96 Å². The van der Waals surface area contributed by atoms with Gasteiger partial charge in [-0.05, 0) is 74.0 Å². The number of nitrogens with zero attached hydrogens (tertiary/aromatic N) is 3. The number of likely N-dealkylation sites (tertiary alicyclic amines) is 1. The number of guanidine groups is 1. The molecule has 1 aliphatic rings. The number of ether oxygens (including phenoxy) is 1. The van der Waals surface area contributed by atoms with Crippen LogP contribution in [0.25, 0.3) is 0 Å². The van der Waals surface area contributed by atoms with E-state index in [1.165, 1.54) is 25.0 Å². The van der Waals surface area contributed by atoms with E-state index in [1.54, 1.807) is 31.6 Å². The van der Waals surface area contributed by atoms with E-state index in [0.29, 0.717) is 30.7 Å². The first-order valence-electron chi connectivity index (χ1n) is 10.8. The number of rotatable bonds is 8. The number of halogens is 1. The highest BCUT2D eigenvalue weighted by Gasteiger charge is 2.25. The lowest BCUT2D eigenvalue weighted by atomic mass is 10.2. The molecule has 7 nitrogen and oxygen atoms in total. The second-order valence-electron chi connectivity index (χ2n) is 7.64. The Morgan fingerprint density at radius 1 is 1.19 bits per heavy atom. The molecular formula is C24H28FN5O2. The SMILES string of the molecule is CN=C(NCc1ccnc(Oc2ccc(F)cc2)c1)NCC(c1ccco1)N1CCCC1. The van der Waals surface area contributed by atoms with E-state index in [-0.39, 0.29) is 11.9 Å². The maximum Gasteiger partial charge on any atom is 0.219 e. The average Bonchev–Trinajstić information content (AvgIpc) is 3.53. The Balaban J connectivity index is 1.32. The van der Waals surface area contributed by atoms with E-state index in [0.717, 1.165) is 24.4 Å². The largest absolute Gasteiger partial charge is 0.468 e. The molecule has 0 saturated carbocycles. The van der Waals surface area contributed by atoms with Crippen LogP contribution in [-0.2, 0) is 6.54 Å². The third-order valence-electron chi connectivity index (χ3n) is 5.43. The highest BCUT2D eigenvalue weighted by atomic mass is 19.1. The molecule has 1 unspecified atom stereocenters. The lowest BCUT2D eigenvalue weighted by molar-refractivity contribution is 0.215. The summed E-state index contributed by atoms with van der Waals surface area (Å²) in [5.74, 6) is 2.35. The van der Waals surface area contributed by atoms with Crippen LogP contribution in [0, 0.1) is 5.82 Å². The minimum atomic E-state index is -0.304. The molecule has 1 atom stereocenters. The maximum absolute atomic E-state index is 13.1. The topological polar surface area (TPSA) is 74.9 Å². The highest BCUT2D eigenvalue weighted by Crippen LogP contribution is 2.25. The van der Waals surface area contributed by atoms with Gasteiger partial charge in [0, 0.05) is 32.4 Å². The van der Waals surface area contributed by atoms with E-state index in [4.69, 9.17) is 9.15 Å². The highest BCUT2D eigenvalue weighted by molar-refractivity contribution is 5.79. The Hall–Kier alpha value is -3.39. The van der Waals surface area contributed by atoms with Gasteiger partial charge in [-0.2, -0.15) is 0 Å². The summed E-state index contributed by atoms with van der Waals surface area (Å²) < 4.78 is 24.5. The van der Waals surface area contributed by atoms with Crippen LogP contribution in [0.4, 0.5) is 4.39 Å². The van der Waals surface area contributed by atoms with E-state index < -0.39 is 0 Å². The van der Waals surface area contributed by atoms with Gasteiger partial charge in [0.1, 0.15) is 17.3 Å². The van der Waals surface area contributed by atoms with Gasteiger partial charge in [-0.25, -0.2) is 9.37 Å². The number of aromatic nitrogens is 1. The number of pyridine rings is 1. The maximum atomic E-state index is 13.1. The average molecular weight is 438 g/mol. The summed E-state index contributed by atoms with van der Waals surface area (Å²) in [5.41, 5.74) is 0.988. The van der Waals surface area contributed by atoms with Crippen LogP contribution in [0.3, 0.4) is 0 Å². The Bertz CT molecular complexity index is 1000. The van der Waals surface area contributed by atoms with Crippen LogP contribution in [0.2, 0.25) is 0 Å². The summed E-state index contributed by atoms with van der Waals surface area (Å²) in [4.78, 5) is 11.0. The van der Waals surface area contributed by atoms with E-state index in [1.807, 2.05) is 24.3 Å². The minimum Gasteiger partial charge on any atom is -0.468 e. The fourth-order valence-corrected chi connectivity index (χ4v) is 3.78. The van der Waals surface area contributed by atoms with Crippen molar-refractivity contribution in [2.45, 2.75) is 25.4 Å². The molecule has 4 rings (SSSR count). The smallest absolute Gasteiger partial charge is 0.219 e. The van der Waals surface area contributed by atoms with Gasteiger partial charge in [-0.15, -0.1) is 0 Å². The quantitative estimate of drug-likeness (QED) is 0.408. The Morgan fingerprint density at radius 2 is 2.00 bits per heavy atom. The summed E-state index contributed by atoms with van der Waals surface area (Å²) in [5, 5.41) is 6.75. The molecule has 0 aliphatic carbocycles. The molecule has 2 N–H and O–H groups in total. The van der Waals surface area contributed by atoms with Crippen molar-refractivity contribution < 1.29 is 13.5 Å². The van der Waals surface area contributed by atoms with Crippen molar-refractivity contribution in [3.8, 4) is 11.6 Å². The summed E-state index contributed by atoms with van der Waals surface area (Å²) in [6.07, 6.45) is 5.84. The van der Waals surface area contributed by atoms with Gasteiger partial charge >= 0.3 is 0 Å². The molecule has 0 bridgehead atoms. The van der Waals surface area contributed by atoms with Crippen LogP contribution >= 0.6 is 0 Å². The Labute approximate surface area is 187 Å². The normalized spacial score (nSPS) is 15.5. The lowest BCUT2D eigenvalue weighted by Gasteiger charge is -2.26. The number of aliphatic imine (C=N–C) groups is 1. The Morgan fingerprint density at radius 3 is 2.72 bits per heavy atom. The zero-order chi connectivity index (χ0) is 22.2. The molecule has 32 heavy (non-hydrogen) atoms. The van der Waals surface area contributed by atoms with Gasteiger partial charge in [0.25, 0.3) is 0 Å². The van der Waals surface area contributed by atoms with Crippen LogP contribution in [0.1, 0.15) is 30.2 Å². The molecule has 0 spiro atoms. The molecule has 0 amide bonds. The molecule has 8 heteroatoms. The molecule has 3 heterocycles. The van der Waals surface area contributed by atoms with Crippen LogP contribution in [0.5, 0.6) is 11.6 Å². The van der Waals surface area contributed by atoms with E-state index in [9.17, 15) is 4.39 Å². The van der Waals surface area contributed by atoms with Crippen LogP contribution in [-0.4, -0.2) is 42.5 Å². The van der Waals surface area contributed by atoms with Gasteiger partial charge < -0.3 is 19.8 Å². The number of hydrogen-bond donors (Lipinski definition) is 2. The zero-order valence-electron chi connectivity index (χ0n) is 18.1. The van der Waals surface area contributed by atoms with Crippen molar-refractivity contribution in [2.75, 3.05) is 26.7 Å². The molecule has 168 valence electrons. The van der Waals surface area contributed by atoms with Crippen molar-refractivity contribution >= 4 is 5.96 Å². The van der Waals surface area contributed by atoms with Crippen molar-refractivity contribution in [1.29, 1.82) is 0 Å². The fourth-order valence-electron chi connectivity index (χ4n) is 3.78. The molecule has 1 aromatic carbocycles. The first-order valence-corrected chi connectivity index (χ1v) is 10.8. The van der Waals surface area contributed by atoms with Gasteiger partial charge in [-0.3, -0.25) is 9.89 Å². The van der Waals surface area contributed by atoms with E-state index in [2.05, 4.69) is 25.5 Å².